The molecule has 27 heavy (non-hydrogen) atoms. The second-order valence-electron chi connectivity index (χ2n) is 6.14. The molecule has 0 saturated heterocycles. The molecule has 0 radical (unpaired) electrons. The molecule has 1 unspecified atom stereocenters. The number of H-pyrrole nitrogens is 1. The highest BCUT2D eigenvalue weighted by Crippen LogP contribution is 2.44. The van der Waals surface area contributed by atoms with E-state index in [1.165, 1.54) is 0 Å². The Morgan fingerprint density at radius 2 is 2.00 bits per heavy atom. The van der Waals surface area contributed by atoms with Crippen LogP contribution in [0.15, 0.2) is 41.8 Å². The van der Waals surface area contributed by atoms with Crippen molar-refractivity contribution in [3.8, 4) is 11.3 Å². The molecular formula is C19H18ClN3O3S. The Labute approximate surface area is 165 Å². The molecule has 1 aromatic carbocycles. The van der Waals surface area contributed by atoms with E-state index in [0.717, 1.165) is 21.7 Å². The Bertz CT molecular complexity index is 936. The van der Waals surface area contributed by atoms with E-state index >= 15 is 0 Å². The molecule has 3 heterocycles. The zero-order valence-electron chi connectivity index (χ0n) is 14.8. The van der Waals surface area contributed by atoms with Crippen LogP contribution in [0.1, 0.15) is 27.0 Å². The lowest BCUT2D eigenvalue weighted by molar-refractivity contribution is -0.113. The smallest absolute Gasteiger partial charge is 0.273 e. The van der Waals surface area contributed by atoms with Gasteiger partial charge >= 0.3 is 0 Å². The van der Waals surface area contributed by atoms with Gasteiger partial charge in [0.15, 0.2) is 6.29 Å². The molecule has 6 nitrogen and oxygen atoms in total. The number of hydrogen-bond donors (Lipinski definition) is 1. The van der Waals surface area contributed by atoms with Crippen LogP contribution < -0.4 is 0 Å². The first-order valence-corrected chi connectivity index (χ1v) is 9.64. The minimum Gasteiger partial charge on any atom is -0.354 e. The van der Waals surface area contributed by atoms with Crippen molar-refractivity contribution in [1.29, 1.82) is 0 Å². The standard InChI is InChI=1S/C19H18ClN3O3S/c1-25-14(26-2)10-23-18(13-4-3-9-27-13)15-16(21-22-17(15)19(23)24)11-5-7-12(20)8-6-11/h3-9,14,18H,10H2,1-2H3,(H,21,22). The van der Waals surface area contributed by atoms with Crippen molar-refractivity contribution in [2.45, 2.75) is 12.3 Å². The lowest BCUT2D eigenvalue weighted by Gasteiger charge is -2.28. The fourth-order valence-corrected chi connectivity index (χ4v) is 4.33. The molecule has 3 aromatic rings. The third-order valence-electron chi connectivity index (χ3n) is 4.67. The molecule has 1 aliphatic heterocycles. The quantitative estimate of drug-likeness (QED) is 0.632. The minimum absolute atomic E-state index is 0.116. The van der Waals surface area contributed by atoms with Crippen LogP contribution in [-0.2, 0) is 9.47 Å². The van der Waals surface area contributed by atoms with Gasteiger partial charge in [-0.25, -0.2) is 0 Å². The van der Waals surface area contributed by atoms with Gasteiger partial charge in [0.2, 0.25) is 0 Å². The maximum atomic E-state index is 13.1. The Morgan fingerprint density at radius 1 is 1.26 bits per heavy atom. The number of aromatic amines is 1. The summed E-state index contributed by atoms with van der Waals surface area (Å²) >= 11 is 7.62. The van der Waals surface area contributed by atoms with E-state index < -0.39 is 6.29 Å². The van der Waals surface area contributed by atoms with E-state index in [0.29, 0.717) is 17.3 Å². The number of methoxy groups -OCH3 is 2. The topological polar surface area (TPSA) is 67.5 Å². The monoisotopic (exact) mass is 403 g/mol. The molecule has 2 aromatic heterocycles. The summed E-state index contributed by atoms with van der Waals surface area (Å²) in [6.45, 7) is 0.316. The summed E-state index contributed by atoms with van der Waals surface area (Å²) < 4.78 is 10.7. The molecule has 1 amide bonds. The third kappa shape index (κ3) is 3.17. The second-order valence-corrected chi connectivity index (χ2v) is 7.56. The van der Waals surface area contributed by atoms with Gasteiger partial charge in [-0.1, -0.05) is 29.8 Å². The summed E-state index contributed by atoms with van der Waals surface area (Å²) in [5, 5.41) is 10.0. The number of nitrogens with zero attached hydrogens (tertiary/aromatic N) is 2. The number of aromatic nitrogens is 2. The minimum atomic E-state index is -0.507. The van der Waals surface area contributed by atoms with Crippen molar-refractivity contribution < 1.29 is 14.3 Å². The van der Waals surface area contributed by atoms with Gasteiger partial charge in [0, 0.05) is 35.2 Å². The largest absolute Gasteiger partial charge is 0.354 e. The molecular weight excluding hydrogens is 386 g/mol. The van der Waals surface area contributed by atoms with Crippen LogP contribution in [0.25, 0.3) is 11.3 Å². The molecule has 4 rings (SSSR count). The normalized spacial score (nSPS) is 16.4. The maximum Gasteiger partial charge on any atom is 0.273 e. The summed E-state index contributed by atoms with van der Waals surface area (Å²) in [6.07, 6.45) is -0.507. The zero-order valence-corrected chi connectivity index (χ0v) is 16.4. The van der Waals surface area contributed by atoms with Crippen molar-refractivity contribution in [2.24, 2.45) is 0 Å². The molecule has 0 bridgehead atoms. The van der Waals surface area contributed by atoms with Gasteiger partial charge in [-0.3, -0.25) is 9.89 Å². The van der Waals surface area contributed by atoms with Crippen molar-refractivity contribution in [3.63, 3.8) is 0 Å². The van der Waals surface area contributed by atoms with Gasteiger partial charge in [-0.2, -0.15) is 5.10 Å². The van der Waals surface area contributed by atoms with E-state index in [1.54, 1.807) is 30.5 Å². The number of nitrogens with one attached hydrogen (secondary N) is 1. The van der Waals surface area contributed by atoms with Gasteiger partial charge < -0.3 is 14.4 Å². The molecule has 140 valence electrons. The van der Waals surface area contributed by atoms with E-state index in [2.05, 4.69) is 10.2 Å². The van der Waals surface area contributed by atoms with Gasteiger partial charge in [0.1, 0.15) is 5.69 Å². The first-order chi connectivity index (χ1) is 13.1. The SMILES string of the molecule is COC(CN1C(=O)c2[nH]nc(-c3ccc(Cl)cc3)c2C1c1cccs1)OC. The second kappa shape index (κ2) is 7.44. The van der Waals surface area contributed by atoms with Crippen molar-refractivity contribution in [2.75, 3.05) is 20.8 Å². The zero-order chi connectivity index (χ0) is 19.0. The van der Waals surface area contributed by atoms with E-state index in [-0.39, 0.29) is 11.9 Å². The summed E-state index contributed by atoms with van der Waals surface area (Å²) in [5.74, 6) is -0.116. The van der Waals surface area contributed by atoms with Gasteiger partial charge in [-0.15, -0.1) is 11.3 Å². The lowest BCUT2D eigenvalue weighted by Crippen LogP contribution is -2.37. The molecule has 0 spiro atoms. The van der Waals surface area contributed by atoms with Crippen molar-refractivity contribution in [1.82, 2.24) is 15.1 Å². The van der Waals surface area contributed by atoms with Crippen LogP contribution in [0.3, 0.4) is 0 Å². The number of fused-ring (bicyclic) bond motifs is 1. The number of halogens is 1. The van der Waals surface area contributed by atoms with Crippen LogP contribution in [-0.4, -0.2) is 48.1 Å². The van der Waals surface area contributed by atoms with E-state index in [4.69, 9.17) is 21.1 Å². The molecule has 1 aliphatic rings. The predicted molar refractivity (Wildman–Crippen MR) is 104 cm³/mol. The Hall–Kier alpha value is -2.19. The van der Waals surface area contributed by atoms with Crippen LogP contribution in [0.5, 0.6) is 0 Å². The van der Waals surface area contributed by atoms with Crippen LogP contribution in [0, 0.1) is 0 Å². The van der Waals surface area contributed by atoms with Crippen molar-refractivity contribution in [3.05, 3.63) is 62.9 Å². The highest BCUT2D eigenvalue weighted by Gasteiger charge is 2.43. The van der Waals surface area contributed by atoms with Crippen LogP contribution >= 0.6 is 22.9 Å². The maximum absolute atomic E-state index is 13.1. The van der Waals surface area contributed by atoms with Crippen molar-refractivity contribution >= 4 is 28.8 Å². The number of ether oxygens (including phenoxy) is 2. The van der Waals surface area contributed by atoms with Gasteiger partial charge in [0.05, 0.1) is 18.3 Å². The van der Waals surface area contributed by atoms with Gasteiger partial charge in [0.25, 0.3) is 5.91 Å². The fraction of sp³-hybridized carbons (Fsp3) is 0.263. The third-order valence-corrected chi connectivity index (χ3v) is 5.84. The number of hydrogen-bond acceptors (Lipinski definition) is 5. The fourth-order valence-electron chi connectivity index (χ4n) is 3.36. The number of carbonyl (C=O) groups excluding carboxylic acids is 1. The number of thiophene rings is 1. The Kier molecular flexibility index (Phi) is 5.01. The Balaban J connectivity index is 1.81. The number of benzene rings is 1. The summed E-state index contributed by atoms with van der Waals surface area (Å²) in [7, 11) is 3.13. The molecule has 0 fully saturated rings. The first kappa shape index (κ1) is 18.2. The molecule has 1 N–H and O–H groups in total. The molecule has 0 aliphatic carbocycles. The number of carbonyl (C=O) groups is 1. The first-order valence-electron chi connectivity index (χ1n) is 8.38. The average molecular weight is 404 g/mol. The molecule has 8 heteroatoms. The Morgan fingerprint density at radius 3 is 2.63 bits per heavy atom. The van der Waals surface area contributed by atoms with E-state index in [9.17, 15) is 4.79 Å². The molecule has 1 atom stereocenters. The average Bonchev–Trinajstić information content (AvgIpc) is 3.39. The van der Waals surface area contributed by atoms with Crippen LogP contribution in [0.4, 0.5) is 0 Å². The highest BCUT2D eigenvalue weighted by molar-refractivity contribution is 7.10. The summed E-state index contributed by atoms with van der Waals surface area (Å²) in [5.41, 5.74) is 3.03. The van der Waals surface area contributed by atoms with E-state index in [1.807, 2.05) is 41.8 Å². The predicted octanol–water partition coefficient (Wildman–Crippen LogP) is 3.96. The van der Waals surface area contributed by atoms with Gasteiger partial charge in [-0.05, 0) is 23.6 Å². The highest BCUT2D eigenvalue weighted by atomic mass is 35.5. The number of amides is 1. The summed E-state index contributed by atoms with van der Waals surface area (Å²) in [4.78, 5) is 15.9. The number of rotatable bonds is 6. The summed E-state index contributed by atoms with van der Waals surface area (Å²) in [6, 6.07) is 11.2. The molecule has 0 saturated carbocycles. The lowest BCUT2D eigenvalue weighted by atomic mass is 10.0. The van der Waals surface area contributed by atoms with Crippen LogP contribution in [0.2, 0.25) is 5.02 Å².